The molecule has 1 aromatic carbocycles. The van der Waals surface area contributed by atoms with Crippen molar-refractivity contribution in [2.75, 3.05) is 23.8 Å². The number of ketones is 1. The van der Waals surface area contributed by atoms with Gasteiger partial charge in [-0.25, -0.2) is 0 Å². The molecule has 1 heterocycles. The van der Waals surface area contributed by atoms with E-state index in [9.17, 15) is 9.59 Å². The summed E-state index contributed by atoms with van der Waals surface area (Å²) in [4.78, 5) is 24.3. The second-order valence-electron chi connectivity index (χ2n) is 4.76. The Kier molecular flexibility index (Phi) is 3.65. The Morgan fingerprint density at radius 1 is 1.39 bits per heavy atom. The quantitative estimate of drug-likeness (QED) is 0.883. The predicted octanol–water partition coefficient (Wildman–Crippen LogP) is 1.99. The van der Waals surface area contributed by atoms with E-state index in [0.717, 1.165) is 24.3 Å². The molecule has 18 heavy (non-hydrogen) atoms. The summed E-state index contributed by atoms with van der Waals surface area (Å²) in [6.07, 6.45) is 1.90. The monoisotopic (exact) mass is 246 g/mol. The zero-order valence-electron chi connectivity index (χ0n) is 10.8. The molecular formula is C14H18N2O2. The number of hydrogen-bond acceptors (Lipinski definition) is 3. The highest BCUT2D eigenvalue weighted by Gasteiger charge is 2.15. The summed E-state index contributed by atoms with van der Waals surface area (Å²) in [6.45, 7) is 2.33. The van der Waals surface area contributed by atoms with Crippen LogP contribution in [-0.4, -0.2) is 25.3 Å². The Balaban J connectivity index is 2.11. The van der Waals surface area contributed by atoms with Crippen LogP contribution in [0.2, 0.25) is 0 Å². The topological polar surface area (TPSA) is 49.4 Å². The van der Waals surface area contributed by atoms with Gasteiger partial charge in [0.2, 0.25) is 5.91 Å². The molecule has 4 heteroatoms. The van der Waals surface area contributed by atoms with Gasteiger partial charge in [0, 0.05) is 37.8 Å². The summed E-state index contributed by atoms with van der Waals surface area (Å²) < 4.78 is 0. The Bertz CT molecular complexity index is 483. The lowest BCUT2D eigenvalue weighted by molar-refractivity contribution is -0.117. The molecule has 0 bridgehead atoms. The number of hydrogen-bond donors (Lipinski definition) is 1. The van der Waals surface area contributed by atoms with Crippen LogP contribution in [-0.2, 0) is 16.0 Å². The van der Waals surface area contributed by atoms with Crippen molar-refractivity contribution < 1.29 is 9.59 Å². The summed E-state index contributed by atoms with van der Waals surface area (Å²) in [5, 5.41) is 2.86. The third-order valence-electron chi connectivity index (χ3n) is 3.22. The summed E-state index contributed by atoms with van der Waals surface area (Å²) in [5.41, 5.74) is 3.17. The highest BCUT2D eigenvalue weighted by molar-refractivity contribution is 5.94. The first-order chi connectivity index (χ1) is 8.56. The Hall–Kier alpha value is -1.84. The molecule has 0 spiro atoms. The molecule has 0 saturated heterocycles. The van der Waals surface area contributed by atoms with Gasteiger partial charge in [0.15, 0.2) is 0 Å². The molecule has 0 aromatic heterocycles. The van der Waals surface area contributed by atoms with Gasteiger partial charge in [0.05, 0.1) is 0 Å². The summed E-state index contributed by atoms with van der Waals surface area (Å²) in [6, 6.07) is 6.01. The smallest absolute Gasteiger partial charge is 0.224 e. The van der Waals surface area contributed by atoms with Crippen LogP contribution in [0.25, 0.3) is 0 Å². The van der Waals surface area contributed by atoms with Crippen molar-refractivity contribution in [2.24, 2.45) is 0 Å². The number of nitrogens with zero attached hydrogens (tertiary/aromatic N) is 1. The molecule has 96 valence electrons. The zero-order chi connectivity index (χ0) is 13.1. The van der Waals surface area contributed by atoms with Crippen LogP contribution in [0, 0.1) is 0 Å². The minimum atomic E-state index is 0.0835. The largest absolute Gasteiger partial charge is 0.374 e. The van der Waals surface area contributed by atoms with E-state index in [1.54, 1.807) is 6.92 Å². The Morgan fingerprint density at radius 2 is 2.17 bits per heavy atom. The van der Waals surface area contributed by atoms with Gasteiger partial charge in [-0.2, -0.15) is 0 Å². The molecule has 2 rings (SSSR count). The zero-order valence-corrected chi connectivity index (χ0v) is 10.8. The third-order valence-corrected chi connectivity index (χ3v) is 3.22. The van der Waals surface area contributed by atoms with Crippen LogP contribution in [0.5, 0.6) is 0 Å². The molecule has 0 radical (unpaired) electrons. The molecule has 1 aliphatic heterocycles. The third kappa shape index (κ3) is 2.88. The summed E-state index contributed by atoms with van der Waals surface area (Å²) >= 11 is 0. The first-order valence-electron chi connectivity index (χ1n) is 6.19. The van der Waals surface area contributed by atoms with Crippen molar-refractivity contribution in [3.8, 4) is 0 Å². The number of carbonyl (C=O) groups is 2. The number of anilines is 2. The van der Waals surface area contributed by atoms with E-state index in [0.29, 0.717) is 12.8 Å². The van der Waals surface area contributed by atoms with Gasteiger partial charge in [-0.1, -0.05) is 0 Å². The first kappa shape index (κ1) is 12.6. The first-order valence-corrected chi connectivity index (χ1v) is 6.19. The van der Waals surface area contributed by atoms with Crippen LogP contribution in [0.15, 0.2) is 18.2 Å². The summed E-state index contributed by atoms with van der Waals surface area (Å²) in [5.74, 6) is 0.284. The molecule has 1 amide bonds. The molecular weight excluding hydrogens is 228 g/mol. The summed E-state index contributed by atoms with van der Waals surface area (Å²) in [7, 11) is 1.98. The molecule has 1 aliphatic rings. The fourth-order valence-electron chi connectivity index (χ4n) is 2.06. The van der Waals surface area contributed by atoms with Crippen LogP contribution in [0.3, 0.4) is 0 Å². The van der Waals surface area contributed by atoms with Crippen LogP contribution in [0.1, 0.15) is 25.3 Å². The van der Waals surface area contributed by atoms with E-state index in [1.165, 1.54) is 5.56 Å². The van der Waals surface area contributed by atoms with Crippen molar-refractivity contribution in [3.05, 3.63) is 23.8 Å². The van der Waals surface area contributed by atoms with E-state index in [-0.39, 0.29) is 11.7 Å². The average Bonchev–Trinajstić information content (AvgIpc) is 2.35. The average molecular weight is 246 g/mol. The van der Waals surface area contributed by atoms with Crippen LogP contribution >= 0.6 is 0 Å². The van der Waals surface area contributed by atoms with E-state index < -0.39 is 0 Å². The number of amides is 1. The van der Waals surface area contributed by atoms with Gasteiger partial charge in [-0.15, -0.1) is 0 Å². The number of carbonyl (C=O) groups excluding carboxylic acids is 2. The van der Waals surface area contributed by atoms with Crippen molar-refractivity contribution in [3.63, 3.8) is 0 Å². The molecule has 0 fully saturated rings. The van der Waals surface area contributed by atoms with Gasteiger partial charge in [0.1, 0.15) is 5.78 Å². The van der Waals surface area contributed by atoms with Gasteiger partial charge in [-0.3, -0.25) is 9.59 Å². The minimum Gasteiger partial charge on any atom is -0.374 e. The molecule has 0 unspecified atom stereocenters. The second-order valence-corrected chi connectivity index (χ2v) is 4.76. The highest BCUT2D eigenvalue weighted by Crippen LogP contribution is 2.27. The van der Waals surface area contributed by atoms with Gasteiger partial charge in [-0.05, 0) is 37.1 Å². The fraction of sp³-hybridized carbons (Fsp3) is 0.429. The molecule has 4 nitrogen and oxygen atoms in total. The number of rotatable bonds is 4. The second kappa shape index (κ2) is 5.21. The lowest BCUT2D eigenvalue weighted by Gasteiger charge is -2.22. The van der Waals surface area contributed by atoms with Crippen LogP contribution in [0.4, 0.5) is 11.4 Å². The maximum atomic E-state index is 11.3. The van der Waals surface area contributed by atoms with E-state index >= 15 is 0 Å². The van der Waals surface area contributed by atoms with Crippen molar-refractivity contribution >= 4 is 23.1 Å². The minimum absolute atomic E-state index is 0.0835. The number of aryl methyl sites for hydroxylation is 1. The van der Waals surface area contributed by atoms with Crippen molar-refractivity contribution in [1.82, 2.24) is 0 Å². The normalized spacial score (nSPS) is 13.8. The fourth-order valence-corrected chi connectivity index (χ4v) is 2.06. The Labute approximate surface area is 107 Å². The Morgan fingerprint density at radius 3 is 2.89 bits per heavy atom. The van der Waals surface area contributed by atoms with Crippen LogP contribution < -0.4 is 10.2 Å². The van der Waals surface area contributed by atoms with Gasteiger partial charge >= 0.3 is 0 Å². The number of Topliss-reactive ketones (excluding diaryl/α,β-unsaturated/α-hetero) is 1. The van der Waals surface area contributed by atoms with Crippen molar-refractivity contribution in [2.45, 2.75) is 26.2 Å². The molecule has 1 N–H and O–H groups in total. The molecule has 1 aromatic rings. The lowest BCUT2D eigenvalue weighted by atomic mass is 10.0. The standard InChI is InChI=1S/C14H18N2O2/c1-10(17)7-8-16(2)12-4-5-13-11(9-12)3-6-14(18)15-13/h4-5,9H,3,6-8H2,1-2H3,(H,15,18). The highest BCUT2D eigenvalue weighted by atomic mass is 16.1. The van der Waals surface area contributed by atoms with E-state index in [1.807, 2.05) is 19.2 Å². The maximum absolute atomic E-state index is 11.3. The lowest BCUT2D eigenvalue weighted by Crippen LogP contribution is -2.22. The van der Waals surface area contributed by atoms with Gasteiger partial charge in [0.25, 0.3) is 0 Å². The van der Waals surface area contributed by atoms with Gasteiger partial charge < -0.3 is 10.2 Å². The predicted molar refractivity (Wildman–Crippen MR) is 72.0 cm³/mol. The van der Waals surface area contributed by atoms with E-state index in [4.69, 9.17) is 0 Å². The number of nitrogens with one attached hydrogen (secondary N) is 1. The number of fused-ring (bicyclic) bond motifs is 1. The molecule has 0 saturated carbocycles. The maximum Gasteiger partial charge on any atom is 0.224 e. The number of benzene rings is 1. The molecule has 0 atom stereocenters. The molecule has 0 aliphatic carbocycles. The van der Waals surface area contributed by atoms with Crippen molar-refractivity contribution in [1.29, 1.82) is 0 Å². The SMILES string of the molecule is CC(=O)CCN(C)c1ccc2c(c1)CCC(=O)N2. The van der Waals surface area contributed by atoms with E-state index in [2.05, 4.69) is 16.3 Å².